The summed E-state index contributed by atoms with van der Waals surface area (Å²) in [7, 11) is -3.62. The number of hydrogen-bond acceptors (Lipinski definition) is 5. The summed E-state index contributed by atoms with van der Waals surface area (Å²) in [5.74, 6) is -0.579. The first kappa shape index (κ1) is 14.3. The Hall–Kier alpha value is -2.09. The van der Waals surface area contributed by atoms with E-state index in [-0.39, 0.29) is 23.2 Å². The van der Waals surface area contributed by atoms with Gasteiger partial charge in [-0.05, 0) is 25.1 Å². The molecular formula is C12H16N4O3S. The number of fused-ring (bicyclic) bond motifs is 1. The van der Waals surface area contributed by atoms with E-state index in [4.69, 9.17) is 5.73 Å². The summed E-state index contributed by atoms with van der Waals surface area (Å²) < 4.78 is 24.2. The van der Waals surface area contributed by atoms with Gasteiger partial charge in [-0.15, -0.1) is 0 Å². The van der Waals surface area contributed by atoms with Gasteiger partial charge in [0.25, 0.3) is 0 Å². The van der Waals surface area contributed by atoms with Crippen LogP contribution in [0.3, 0.4) is 0 Å². The molecule has 1 aromatic heterocycles. The Labute approximate surface area is 116 Å². The Morgan fingerprint density at radius 3 is 2.90 bits per heavy atom. The van der Waals surface area contributed by atoms with Gasteiger partial charge in [-0.3, -0.25) is 4.79 Å². The van der Waals surface area contributed by atoms with Crippen LogP contribution in [-0.4, -0.2) is 36.6 Å². The van der Waals surface area contributed by atoms with Crippen molar-refractivity contribution in [2.45, 2.75) is 18.5 Å². The van der Waals surface area contributed by atoms with E-state index in [1.807, 2.05) is 0 Å². The van der Waals surface area contributed by atoms with E-state index in [0.717, 1.165) is 0 Å². The highest BCUT2D eigenvalue weighted by molar-refractivity contribution is 7.91. The van der Waals surface area contributed by atoms with Gasteiger partial charge in [0.2, 0.25) is 20.9 Å². The van der Waals surface area contributed by atoms with E-state index in [1.54, 1.807) is 25.1 Å². The number of benzene rings is 1. The summed E-state index contributed by atoms with van der Waals surface area (Å²) in [6, 6.07) is 4.91. The van der Waals surface area contributed by atoms with Crippen LogP contribution in [0, 0.1) is 0 Å². The van der Waals surface area contributed by atoms with Gasteiger partial charge >= 0.3 is 0 Å². The number of nitrogens with one attached hydrogen (secondary N) is 2. The minimum atomic E-state index is -3.62. The molecule has 0 aliphatic rings. The maximum absolute atomic E-state index is 12.1. The maximum Gasteiger partial charge on any atom is 0.226 e. The first-order chi connectivity index (χ1) is 9.42. The summed E-state index contributed by atoms with van der Waals surface area (Å²) in [5, 5.41) is 2.42. The second kappa shape index (κ2) is 5.49. The summed E-state index contributed by atoms with van der Waals surface area (Å²) in [6.07, 6.45) is -0.0879. The number of sulfone groups is 1. The van der Waals surface area contributed by atoms with Crippen molar-refractivity contribution in [2.24, 2.45) is 0 Å². The van der Waals surface area contributed by atoms with Crippen molar-refractivity contribution in [2.75, 3.05) is 18.0 Å². The molecule has 1 heterocycles. The first-order valence-corrected chi connectivity index (χ1v) is 7.82. The molecule has 1 aromatic carbocycles. The Balaban J connectivity index is 2.21. The lowest BCUT2D eigenvalue weighted by Gasteiger charge is -2.01. The first-order valence-electron chi connectivity index (χ1n) is 6.17. The number of carbonyl (C=O) groups is 1. The number of anilines is 1. The second-order valence-corrected chi connectivity index (χ2v) is 6.37. The quantitative estimate of drug-likeness (QED) is 0.692. The normalized spacial score (nSPS) is 11.7. The van der Waals surface area contributed by atoms with Crippen LogP contribution in [0.2, 0.25) is 0 Å². The summed E-state index contributed by atoms with van der Waals surface area (Å²) in [4.78, 5) is 18.1. The topological polar surface area (TPSA) is 118 Å². The predicted molar refractivity (Wildman–Crippen MR) is 75.9 cm³/mol. The number of H-pyrrole nitrogens is 1. The van der Waals surface area contributed by atoms with Crippen molar-refractivity contribution in [1.29, 1.82) is 0 Å². The fraction of sp³-hybridized carbons (Fsp3) is 0.333. The molecule has 2 aromatic rings. The molecule has 2 rings (SSSR count). The van der Waals surface area contributed by atoms with Gasteiger partial charge in [0.05, 0.1) is 16.8 Å². The van der Waals surface area contributed by atoms with Gasteiger partial charge in [0.1, 0.15) is 0 Å². The molecule has 0 bridgehead atoms. The third-order valence-electron chi connectivity index (χ3n) is 2.75. The molecule has 20 heavy (non-hydrogen) atoms. The smallest absolute Gasteiger partial charge is 0.226 e. The highest BCUT2D eigenvalue weighted by Gasteiger charge is 2.20. The molecule has 0 unspecified atom stereocenters. The lowest BCUT2D eigenvalue weighted by molar-refractivity contribution is -0.120. The third-order valence-corrected chi connectivity index (χ3v) is 4.27. The standard InChI is InChI=1S/C12H16N4O3S/c1-2-14-11(17)5-6-20(18,19)12-15-9-4-3-8(13)7-10(9)16-12/h3-4,7H,2,5-6,13H2,1H3,(H,14,17)(H,15,16). The molecule has 0 aliphatic carbocycles. The summed E-state index contributed by atoms with van der Waals surface area (Å²) in [6.45, 7) is 2.25. The Bertz CT molecular complexity index is 736. The van der Waals surface area contributed by atoms with Crippen LogP contribution in [0.4, 0.5) is 5.69 Å². The number of aromatic amines is 1. The second-order valence-electron chi connectivity index (χ2n) is 4.34. The molecule has 0 spiro atoms. The van der Waals surface area contributed by atoms with E-state index in [1.165, 1.54) is 0 Å². The zero-order chi connectivity index (χ0) is 14.8. The minimum Gasteiger partial charge on any atom is -0.399 e. The maximum atomic E-state index is 12.1. The lowest BCUT2D eigenvalue weighted by Crippen LogP contribution is -2.25. The van der Waals surface area contributed by atoms with Crippen LogP contribution in [0.5, 0.6) is 0 Å². The molecule has 4 N–H and O–H groups in total. The van der Waals surface area contributed by atoms with Gasteiger partial charge in [-0.1, -0.05) is 0 Å². The zero-order valence-corrected chi connectivity index (χ0v) is 11.8. The van der Waals surface area contributed by atoms with Crippen molar-refractivity contribution in [3.05, 3.63) is 18.2 Å². The number of carbonyl (C=O) groups excluding carboxylic acids is 1. The highest BCUT2D eigenvalue weighted by atomic mass is 32.2. The van der Waals surface area contributed by atoms with Crippen LogP contribution in [0.15, 0.2) is 23.4 Å². The van der Waals surface area contributed by atoms with E-state index in [0.29, 0.717) is 23.3 Å². The Kier molecular flexibility index (Phi) is 3.93. The van der Waals surface area contributed by atoms with Crippen molar-refractivity contribution in [3.63, 3.8) is 0 Å². The van der Waals surface area contributed by atoms with E-state index in [2.05, 4.69) is 15.3 Å². The molecular weight excluding hydrogens is 280 g/mol. The lowest BCUT2D eigenvalue weighted by atomic mass is 10.3. The molecule has 108 valence electrons. The molecule has 0 saturated heterocycles. The van der Waals surface area contributed by atoms with Crippen LogP contribution in [-0.2, 0) is 14.6 Å². The van der Waals surface area contributed by atoms with Crippen molar-refractivity contribution >= 4 is 32.5 Å². The number of nitrogen functional groups attached to an aromatic ring is 1. The Morgan fingerprint density at radius 2 is 2.20 bits per heavy atom. The molecule has 7 nitrogen and oxygen atoms in total. The van der Waals surface area contributed by atoms with Gasteiger partial charge in [-0.2, -0.15) is 0 Å². The number of imidazole rings is 1. The fourth-order valence-electron chi connectivity index (χ4n) is 1.76. The average Bonchev–Trinajstić information content (AvgIpc) is 2.80. The largest absolute Gasteiger partial charge is 0.399 e. The van der Waals surface area contributed by atoms with E-state index < -0.39 is 9.84 Å². The summed E-state index contributed by atoms with van der Waals surface area (Å²) >= 11 is 0. The highest BCUT2D eigenvalue weighted by Crippen LogP contribution is 2.18. The fourth-order valence-corrected chi connectivity index (χ4v) is 2.91. The number of nitrogens with two attached hydrogens (primary N) is 1. The van der Waals surface area contributed by atoms with Crippen LogP contribution in [0.1, 0.15) is 13.3 Å². The number of hydrogen-bond donors (Lipinski definition) is 3. The van der Waals surface area contributed by atoms with Crippen molar-refractivity contribution < 1.29 is 13.2 Å². The van der Waals surface area contributed by atoms with Gasteiger partial charge in [-0.25, -0.2) is 13.4 Å². The number of rotatable bonds is 5. The molecule has 0 radical (unpaired) electrons. The monoisotopic (exact) mass is 296 g/mol. The number of aromatic nitrogens is 2. The van der Waals surface area contributed by atoms with E-state index in [9.17, 15) is 13.2 Å². The minimum absolute atomic E-state index is 0.0879. The Morgan fingerprint density at radius 1 is 1.45 bits per heavy atom. The van der Waals surface area contributed by atoms with Crippen LogP contribution >= 0.6 is 0 Å². The van der Waals surface area contributed by atoms with Crippen molar-refractivity contribution in [1.82, 2.24) is 15.3 Å². The van der Waals surface area contributed by atoms with Crippen LogP contribution < -0.4 is 11.1 Å². The third kappa shape index (κ3) is 3.08. The average molecular weight is 296 g/mol. The van der Waals surface area contributed by atoms with Gasteiger partial charge in [0, 0.05) is 18.7 Å². The number of nitrogens with zero attached hydrogens (tertiary/aromatic N) is 1. The van der Waals surface area contributed by atoms with Crippen LogP contribution in [0.25, 0.3) is 11.0 Å². The van der Waals surface area contributed by atoms with Crippen molar-refractivity contribution in [3.8, 4) is 0 Å². The summed E-state index contributed by atoms with van der Waals surface area (Å²) in [5.41, 5.74) is 7.23. The SMILES string of the molecule is CCNC(=O)CCS(=O)(=O)c1nc2ccc(N)cc2[nH]1. The predicted octanol–water partition coefficient (Wildman–Crippen LogP) is 0.445. The molecule has 1 amide bonds. The molecule has 8 heteroatoms. The van der Waals surface area contributed by atoms with Gasteiger partial charge < -0.3 is 16.0 Å². The number of amides is 1. The molecule has 0 atom stereocenters. The zero-order valence-electron chi connectivity index (χ0n) is 11.0. The molecule has 0 aliphatic heterocycles. The molecule has 0 saturated carbocycles. The van der Waals surface area contributed by atoms with Gasteiger partial charge in [0.15, 0.2) is 0 Å². The molecule has 0 fully saturated rings. The van der Waals surface area contributed by atoms with E-state index >= 15 is 0 Å².